The normalized spacial score (nSPS) is 10.6. The van der Waals surface area contributed by atoms with Gasteiger partial charge in [0.05, 0.1) is 19.0 Å². The largest absolute Gasteiger partial charge is 0.465 e. The standard InChI is InChI=1S/C18H16FN3O4S/c1-10-16(17(24)25-2)27-18(21-10)22-14(23)7-8-15-20-9-13(26-15)11-3-5-12(19)6-4-11/h3-6,9H,7-8H2,1-2H3,(H,21,22,23). The minimum atomic E-state index is -0.487. The average Bonchev–Trinajstić information content (AvgIpc) is 3.26. The molecule has 0 aliphatic carbocycles. The SMILES string of the molecule is COC(=O)c1sc(NC(=O)CCc2ncc(-c3ccc(F)cc3)o2)nc1C. The Kier molecular flexibility index (Phi) is 5.60. The van der Waals surface area contributed by atoms with Crippen LogP contribution in [0.25, 0.3) is 11.3 Å². The van der Waals surface area contributed by atoms with Gasteiger partial charge in [-0.2, -0.15) is 0 Å². The smallest absolute Gasteiger partial charge is 0.350 e. The zero-order chi connectivity index (χ0) is 19.4. The van der Waals surface area contributed by atoms with Crippen LogP contribution in [0.15, 0.2) is 34.9 Å². The van der Waals surface area contributed by atoms with Gasteiger partial charge in [-0.3, -0.25) is 4.79 Å². The van der Waals surface area contributed by atoms with E-state index in [0.29, 0.717) is 39.3 Å². The Hall–Kier alpha value is -3.07. The number of methoxy groups -OCH3 is 1. The van der Waals surface area contributed by atoms with E-state index in [9.17, 15) is 14.0 Å². The number of aromatic nitrogens is 2. The molecule has 1 N–H and O–H groups in total. The van der Waals surface area contributed by atoms with E-state index in [4.69, 9.17) is 4.42 Å². The maximum atomic E-state index is 13.0. The lowest BCUT2D eigenvalue weighted by molar-refractivity contribution is -0.116. The first-order valence-corrected chi connectivity index (χ1v) is 8.84. The number of anilines is 1. The van der Waals surface area contributed by atoms with Gasteiger partial charge in [0.1, 0.15) is 10.7 Å². The number of benzene rings is 1. The molecule has 2 heterocycles. The van der Waals surface area contributed by atoms with Gasteiger partial charge in [-0.05, 0) is 31.2 Å². The number of nitrogens with zero attached hydrogens (tertiary/aromatic N) is 2. The predicted octanol–water partition coefficient (Wildman–Crippen LogP) is 3.60. The van der Waals surface area contributed by atoms with Crippen LogP contribution in [0.5, 0.6) is 0 Å². The lowest BCUT2D eigenvalue weighted by Crippen LogP contribution is -2.12. The number of hydrogen-bond acceptors (Lipinski definition) is 7. The van der Waals surface area contributed by atoms with Crippen LogP contribution in [0, 0.1) is 12.7 Å². The number of carbonyl (C=O) groups excluding carboxylic acids is 2. The number of halogens is 1. The molecule has 1 aromatic carbocycles. The van der Waals surface area contributed by atoms with Crippen molar-refractivity contribution in [3.63, 3.8) is 0 Å². The minimum absolute atomic E-state index is 0.134. The molecule has 0 saturated heterocycles. The summed E-state index contributed by atoms with van der Waals surface area (Å²) in [7, 11) is 1.29. The Bertz CT molecular complexity index is 965. The number of ether oxygens (including phenoxy) is 1. The molecule has 0 fully saturated rings. The Morgan fingerprint density at radius 2 is 2.04 bits per heavy atom. The topological polar surface area (TPSA) is 94.3 Å². The van der Waals surface area contributed by atoms with Crippen LogP contribution in [0.2, 0.25) is 0 Å². The highest BCUT2D eigenvalue weighted by atomic mass is 32.1. The summed E-state index contributed by atoms with van der Waals surface area (Å²) in [6, 6.07) is 5.86. The molecule has 0 atom stereocenters. The van der Waals surface area contributed by atoms with E-state index in [1.54, 1.807) is 19.1 Å². The second-order valence-electron chi connectivity index (χ2n) is 5.60. The number of aryl methyl sites for hydroxylation is 2. The fourth-order valence-electron chi connectivity index (χ4n) is 2.31. The number of thiazole rings is 1. The summed E-state index contributed by atoms with van der Waals surface area (Å²) in [5.41, 5.74) is 1.20. The summed E-state index contributed by atoms with van der Waals surface area (Å²) in [5.74, 6) is -0.193. The Labute approximate surface area is 158 Å². The van der Waals surface area contributed by atoms with Crippen molar-refractivity contribution in [2.75, 3.05) is 12.4 Å². The third-order valence-corrected chi connectivity index (χ3v) is 4.71. The summed E-state index contributed by atoms with van der Waals surface area (Å²) in [4.78, 5) is 32.3. The molecule has 1 amide bonds. The van der Waals surface area contributed by atoms with Crippen LogP contribution >= 0.6 is 11.3 Å². The number of carbonyl (C=O) groups is 2. The van der Waals surface area contributed by atoms with Crippen LogP contribution in [-0.2, 0) is 16.0 Å². The van der Waals surface area contributed by atoms with Gasteiger partial charge in [0.15, 0.2) is 16.8 Å². The molecule has 0 aliphatic heterocycles. The van der Waals surface area contributed by atoms with Gasteiger partial charge in [0.25, 0.3) is 0 Å². The molecule has 27 heavy (non-hydrogen) atoms. The number of amides is 1. The third kappa shape index (κ3) is 4.56. The summed E-state index contributed by atoms with van der Waals surface area (Å²) in [5, 5.41) is 2.98. The van der Waals surface area contributed by atoms with E-state index in [2.05, 4.69) is 20.0 Å². The van der Waals surface area contributed by atoms with Gasteiger partial charge in [-0.25, -0.2) is 19.2 Å². The zero-order valence-corrected chi connectivity index (χ0v) is 15.4. The summed E-state index contributed by atoms with van der Waals surface area (Å²) < 4.78 is 23.2. The van der Waals surface area contributed by atoms with E-state index in [-0.39, 0.29) is 18.1 Å². The quantitative estimate of drug-likeness (QED) is 0.647. The second-order valence-corrected chi connectivity index (χ2v) is 6.60. The van der Waals surface area contributed by atoms with E-state index < -0.39 is 5.97 Å². The second kappa shape index (κ2) is 8.09. The van der Waals surface area contributed by atoms with Crippen LogP contribution in [0.1, 0.15) is 27.7 Å². The monoisotopic (exact) mass is 389 g/mol. The molecule has 0 unspecified atom stereocenters. The van der Waals surface area contributed by atoms with E-state index >= 15 is 0 Å². The predicted molar refractivity (Wildman–Crippen MR) is 97.0 cm³/mol. The highest BCUT2D eigenvalue weighted by Gasteiger charge is 2.17. The Balaban J connectivity index is 1.57. The molecule has 3 aromatic rings. The molecule has 9 heteroatoms. The minimum Gasteiger partial charge on any atom is -0.465 e. The summed E-state index contributed by atoms with van der Waals surface area (Å²) in [6.45, 7) is 1.67. The van der Waals surface area contributed by atoms with Crippen LogP contribution in [-0.4, -0.2) is 29.0 Å². The van der Waals surface area contributed by atoms with Gasteiger partial charge in [-0.15, -0.1) is 0 Å². The molecule has 0 radical (unpaired) electrons. The van der Waals surface area contributed by atoms with E-state index in [0.717, 1.165) is 11.3 Å². The molecule has 0 bridgehead atoms. The maximum Gasteiger partial charge on any atom is 0.350 e. The van der Waals surface area contributed by atoms with Gasteiger partial charge >= 0.3 is 5.97 Å². The highest BCUT2D eigenvalue weighted by Crippen LogP contribution is 2.24. The zero-order valence-electron chi connectivity index (χ0n) is 14.6. The molecular formula is C18H16FN3O4S. The summed E-state index contributed by atoms with van der Waals surface area (Å²) in [6.07, 6.45) is 1.96. The van der Waals surface area contributed by atoms with Crippen molar-refractivity contribution in [2.45, 2.75) is 19.8 Å². The number of esters is 1. The molecular weight excluding hydrogens is 373 g/mol. The van der Waals surface area contributed by atoms with Gasteiger partial charge in [-0.1, -0.05) is 11.3 Å². The maximum absolute atomic E-state index is 13.0. The van der Waals surface area contributed by atoms with Crippen LogP contribution in [0.3, 0.4) is 0 Å². The van der Waals surface area contributed by atoms with Crippen molar-refractivity contribution in [3.8, 4) is 11.3 Å². The van der Waals surface area contributed by atoms with E-state index in [1.807, 2.05) is 0 Å². The first kappa shape index (κ1) is 18.7. The van der Waals surface area contributed by atoms with Gasteiger partial charge < -0.3 is 14.5 Å². The number of rotatable bonds is 6. The molecule has 0 saturated carbocycles. The lowest BCUT2D eigenvalue weighted by atomic mass is 10.2. The number of hydrogen-bond donors (Lipinski definition) is 1. The van der Waals surface area contributed by atoms with Crippen molar-refractivity contribution < 1.29 is 23.1 Å². The lowest BCUT2D eigenvalue weighted by Gasteiger charge is -2.00. The first-order chi connectivity index (χ1) is 13.0. The Morgan fingerprint density at radius 3 is 2.74 bits per heavy atom. The van der Waals surface area contributed by atoms with Crippen molar-refractivity contribution in [3.05, 3.63) is 52.7 Å². The van der Waals surface area contributed by atoms with E-state index in [1.165, 1.54) is 25.4 Å². The van der Waals surface area contributed by atoms with Gasteiger partial charge in [0, 0.05) is 18.4 Å². The number of oxazole rings is 1. The number of nitrogens with one attached hydrogen (secondary N) is 1. The van der Waals surface area contributed by atoms with Gasteiger partial charge in [0.2, 0.25) is 5.91 Å². The molecule has 140 valence electrons. The summed E-state index contributed by atoms with van der Waals surface area (Å²) >= 11 is 1.06. The highest BCUT2D eigenvalue weighted by molar-refractivity contribution is 7.17. The Morgan fingerprint density at radius 1 is 1.30 bits per heavy atom. The third-order valence-electron chi connectivity index (χ3n) is 3.66. The fraction of sp³-hybridized carbons (Fsp3) is 0.222. The van der Waals surface area contributed by atoms with Crippen molar-refractivity contribution in [1.82, 2.24) is 9.97 Å². The molecule has 0 spiro atoms. The van der Waals surface area contributed by atoms with Crippen molar-refractivity contribution >= 4 is 28.3 Å². The average molecular weight is 389 g/mol. The van der Waals surface area contributed by atoms with Crippen LogP contribution < -0.4 is 5.32 Å². The molecule has 3 rings (SSSR count). The molecule has 7 nitrogen and oxygen atoms in total. The first-order valence-electron chi connectivity index (χ1n) is 8.02. The van der Waals surface area contributed by atoms with Crippen molar-refractivity contribution in [2.24, 2.45) is 0 Å². The fourth-order valence-corrected chi connectivity index (χ4v) is 3.21. The van der Waals surface area contributed by atoms with Crippen molar-refractivity contribution in [1.29, 1.82) is 0 Å². The molecule has 2 aromatic heterocycles. The molecule has 0 aliphatic rings. The van der Waals surface area contributed by atoms with Crippen LogP contribution in [0.4, 0.5) is 9.52 Å².